The highest BCUT2D eigenvalue weighted by molar-refractivity contribution is 5.47. The Bertz CT molecular complexity index is 367. The van der Waals surface area contributed by atoms with E-state index in [0.29, 0.717) is 5.69 Å². The fourth-order valence-corrected chi connectivity index (χ4v) is 2.12. The average molecular weight is 253 g/mol. The lowest BCUT2D eigenvalue weighted by molar-refractivity contribution is -0.179. The maximum Gasteiger partial charge on any atom is 0.159 e. The van der Waals surface area contributed by atoms with Gasteiger partial charge < -0.3 is 14.4 Å². The first-order chi connectivity index (χ1) is 8.81. The Morgan fingerprint density at radius 3 is 2.67 bits per heavy atom. The van der Waals surface area contributed by atoms with Gasteiger partial charge >= 0.3 is 0 Å². The number of para-hydroxylation sites is 1. The third-order valence-electron chi connectivity index (χ3n) is 3.11. The van der Waals surface area contributed by atoms with Gasteiger partial charge in [-0.05, 0) is 25.5 Å². The zero-order valence-corrected chi connectivity index (χ0v) is 10.8. The maximum absolute atomic E-state index is 13.7. The van der Waals surface area contributed by atoms with E-state index in [1.54, 1.807) is 12.1 Å². The number of rotatable bonds is 5. The van der Waals surface area contributed by atoms with Gasteiger partial charge in [0.25, 0.3) is 0 Å². The SMILES string of the molecule is CCN(CCC1OCCCO1)c1ccccc1F. The van der Waals surface area contributed by atoms with Crippen LogP contribution < -0.4 is 4.90 Å². The van der Waals surface area contributed by atoms with Gasteiger partial charge in [0.05, 0.1) is 18.9 Å². The first-order valence-electron chi connectivity index (χ1n) is 6.54. The van der Waals surface area contributed by atoms with Crippen LogP contribution in [-0.2, 0) is 9.47 Å². The molecule has 0 unspecified atom stereocenters. The quantitative estimate of drug-likeness (QED) is 0.805. The molecule has 1 aromatic carbocycles. The highest BCUT2D eigenvalue weighted by Gasteiger charge is 2.16. The number of anilines is 1. The van der Waals surface area contributed by atoms with Gasteiger partial charge in [-0.25, -0.2) is 4.39 Å². The summed E-state index contributed by atoms with van der Waals surface area (Å²) in [4.78, 5) is 2.01. The number of ether oxygens (including phenoxy) is 2. The molecule has 4 heteroatoms. The van der Waals surface area contributed by atoms with Crippen molar-refractivity contribution in [2.45, 2.75) is 26.1 Å². The smallest absolute Gasteiger partial charge is 0.159 e. The topological polar surface area (TPSA) is 21.7 Å². The van der Waals surface area contributed by atoms with E-state index in [4.69, 9.17) is 9.47 Å². The third-order valence-corrected chi connectivity index (χ3v) is 3.11. The summed E-state index contributed by atoms with van der Waals surface area (Å²) < 4.78 is 24.7. The summed E-state index contributed by atoms with van der Waals surface area (Å²) >= 11 is 0. The number of benzene rings is 1. The Hall–Kier alpha value is -1.13. The fraction of sp³-hybridized carbons (Fsp3) is 0.571. The largest absolute Gasteiger partial charge is 0.369 e. The van der Waals surface area contributed by atoms with E-state index < -0.39 is 0 Å². The van der Waals surface area contributed by atoms with Crippen LogP contribution in [0.15, 0.2) is 24.3 Å². The molecule has 0 radical (unpaired) electrons. The molecule has 0 aromatic heterocycles. The van der Waals surface area contributed by atoms with Crippen molar-refractivity contribution in [3.63, 3.8) is 0 Å². The second-order valence-electron chi connectivity index (χ2n) is 4.34. The monoisotopic (exact) mass is 253 g/mol. The molecule has 0 amide bonds. The van der Waals surface area contributed by atoms with Crippen LogP contribution in [0.1, 0.15) is 19.8 Å². The summed E-state index contributed by atoms with van der Waals surface area (Å²) in [6.45, 7) is 5.05. The minimum Gasteiger partial charge on any atom is -0.369 e. The third kappa shape index (κ3) is 3.43. The van der Waals surface area contributed by atoms with Gasteiger partial charge in [0, 0.05) is 19.5 Å². The summed E-state index contributed by atoms with van der Waals surface area (Å²) in [6.07, 6.45) is 1.59. The van der Waals surface area contributed by atoms with Crippen LogP contribution in [0.25, 0.3) is 0 Å². The van der Waals surface area contributed by atoms with Crippen molar-refractivity contribution in [1.29, 1.82) is 0 Å². The van der Waals surface area contributed by atoms with Crippen LogP contribution >= 0.6 is 0 Å². The first-order valence-corrected chi connectivity index (χ1v) is 6.54. The average Bonchev–Trinajstić information content (AvgIpc) is 2.42. The molecule has 100 valence electrons. The summed E-state index contributed by atoms with van der Waals surface area (Å²) in [6, 6.07) is 6.86. The standard InChI is InChI=1S/C14H20FNO2/c1-2-16(13-7-4-3-6-12(13)15)9-8-14-17-10-5-11-18-14/h3-4,6-7,14H,2,5,8-11H2,1H3. The molecule has 1 aromatic rings. The molecule has 1 aliphatic rings. The van der Waals surface area contributed by atoms with Gasteiger partial charge in [0.15, 0.2) is 6.29 Å². The van der Waals surface area contributed by atoms with Crippen molar-refractivity contribution >= 4 is 5.69 Å². The second-order valence-corrected chi connectivity index (χ2v) is 4.34. The van der Waals surface area contributed by atoms with Gasteiger partial charge in [-0.3, -0.25) is 0 Å². The van der Waals surface area contributed by atoms with Crippen LogP contribution in [0.2, 0.25) is 0 Å². The van der Waals surface area contributed by atoms with Gasteiger partial charge in [-0.2, -0.15) is 0 Å². The van der Waals surface area contributed by atoms with Crippen LogP contribution in [-0.4, -0.2) is 32.6 Å². The molecule has 0 atom stereocenters. The van der Waals surface area contributed by atoms with E-state index in [1.807, 2.05) is 17.9 Å². The minimum atomic E-state index is -0.176. The van der Waals surface area contributed by atoms with E-state index in [9.17, 15) is 4.39 Å². The first kappa shape index (κ1) is 13.3. The maximum atomic E-state index is 13.7. The molecule has 0 bridgehead atoms. The number of nitrogens with zero attached hydrogens (tertiary/aromatic N) is 1. The Labute approximate surface area is 107 Å². The lowest BCUT2D eigenvalue weighted by Crippen LogP contribution is -2.32. The molecular formula is C14H20FNO2. The van der Waals surface area contributed by atoms with Crippen molar-refractivity contribution in [1.82, 2.24) is 0 Å². The highest BCUT2D eigenvalue weighted by atomic mass is 19.1. The molecule has 0 spiro atoms. The zero-order chi connectivity index (χ0) is 12.8. The van der Waals surface area contributed by atoms with Crippen LogP contribution in [0, 0.1) is 5.82 Å². The van der Waals surface area contributed by atoms with Crippen molar-refractivity contribution in [3.05, 3.63) is 30.1 Å². The summed E-state index contributed by atoms with van der Waals surface area (Å²) in [5.74, 6) is -0.176. The lowest BCUT2D eigenvalue weighted by atomic mass is 10.2. The molecule has 3 nitrogen and oxygen atoms in total. The normalized spacial score (nSPS) is 16.8. The van der Waals surface area contributed by atoms with Gasteiger partial charge in [-0.1, -0.05) is 12.1 Å². The van der Waals surface area contributed by atoms with Gasteiger partial charge in [0.1, 0.15) is 5.82 Å². The number of halogens is 1. The summed E-state index contributed by atoms with van der Waals surface area (Å²) in [5.41, 5.74) is 0.649. The lowest BCUT2D eigenvalue weighted by Gasteiger charge is -2.28. The van der Waals surface area contributed by atoms with Crippen LogP contribution in [0.4, 0.5) is 10.1 Å². The Kier molecular flexibility index (Phi) is 4.96. The minimum absolute atomic E-state index is 0.139. The highest BCUT2D eigenvalue weighted by Crippen LogP contribution is 2.19. The van der Waals surface area contributed by atoms with Crippen molar-refractivity contribution in [3.8, 4) is 0 Å². The van der Waals surface area contributed by atoms with E-state index in [-0.39, 0.29) is 12.1 Å². The molecule has 18 heavy (non-hydrogen) atoms. The Morgan fingerprint density at radius 2 is 2.00 bits per heavy atom. The van der Waals surface area contributed by atoms with E-state index in [1.165, 1.54) is 6.07 Å². The van der Waals surface area contributed by atoms with Crippen LogP contribution in [0.5, 0.6) is 0 Å². The van der Waals surface area contributed by atoms with E-state index in [0.717, 1.165) is 39.1 Å². The zero-order valence-electron chi connectivity index (χ0n) is 10.8. The summed E-state index contributed by atoms with van der Waals surface area (Å²) in [5, 5.41) is 0. The predicted octanol–water partition coefficient (Wildman–Crippen LogP) is 2.81. The molecule has 2 rings (SSSR count). The van der Waals surface area contributed by atoms with E-state index in [2.05, 4.69) is 0 Å². The molecule has 0 aliphatic carbocycles. The van der Waals surface area contributed by atoms with Crippen LogP contribution in [0.3, 0.4) is 0 Å². The van der Waals surface area contributed by atoms with Crippen molar-refractivity contribution < 1.29 is 13.9 Å². The molecule has 0 N–H and O–H groups in total. The van der Waals surface area contributed by atoms with Crippen molar-refractivity contribution in [2.75, 3.05) is 31.2 Å². The molecule has 1 aliphatic heterocycles. The Balaban J connectivity index is 1.91. The Morgan fingerprint density at radius 1 is 1.28 bits per heavy atom. The number of hydrogen-bond acceptors (Lipinski definition) is 3. The fourth-order valence-electron chi connectivity index (χ4n) is 2.12. The van der Waals surface area contributed by atoms with Gasteiger partial charge in [-0.15, -0.1) is 0 Å². The molecule has 1 fully saturated rings. The molecular weight excluding hydrogens is 233 g/mol. The summed E-state index contributed by atoms with van der Waals surface area (Å²) in [7, 11) is 0. The predicted molar refractivity (Wildman–Crippen MR) is 69.2 cm³/mol. The molecule has 1 heterocycles. The van der Waals surface area contributed by atoms with Crippen molar-refractivity contribution in [2.24, 2.45) is 0 Å². The number of hydrogen-bond donors (Lipinski definition) is 0. The molecule has 0 saturated carbocycles. The van der Waals surface area contributed by atoms with Gasteiger partial charge in [0.2, 0.25) is 0 Å². The molecule has 1 saturated heterocycles. The second kappa shape index (κ2) is 6.71. The van der Waals surface area contributed by atoms with E-state index >= 15 is 0 Å².